The number of halogens is 1. The Labute approximate surface area is 158 Å². The summed E-state index contributed by atoms with van der Waals surface area (Å²) < 4.78 is 0. The van der Waals surface area contributed by atoms with Crippen LogP contribution in [0.25, 0.3) is 0 Å². The second-order valence-electron chi connectivity index (χ2n) is 6.18. The molecule has 0 fully saturated rings. The average Bonchev–Trinajstić information content (AvgIpc) is 3.11. The molecule has 2 aromatic rings. The van der Waals surface area contributed by atoms with Crippen LogP contribution in [-0.4, -0.2) is 35.8 Å². The molecule has 1 N–H and O–H groups in total. The summed E-state index contributed by atoms with van der Waals surface area (Å²) in [5.41, 5.74) is 2.94. The predicted octanol–water partition coefficient (Wildman–Crippen LogP) is 4.06. The van der Waals surface area contributed by atoms with Crippen molar-refractivity contribution in [3.05, 3.63) is 70.7 Å². The number of urea groups is 1. The van der Waals surface area contributed by atoms with Crippen LogP contribution in [0.5, 0.6) is 0 Å². The van der Waals surface area contributed by atoms with Crippen molar-refractivity contribution in [1.82, 2.24) is 10.2 Å². The molecule has 0 aromatic heterocycles. The maximum Gasteiger partial charge on any atom is 0.317 e. The number of oxime groups is 1. The Morgan fingerprint density at radius 2 is 2.08 bits per heavy atom. The minimum atomic E-state index is -0.160. The lowest BCUT2D eigenvalue weighted by Gasteiger charge is -2.25. The fourth-order valence-corrected chi connectivity index (χ4v) is 3.12. The molecule has 1 aliphatic heterocycles. The molecule has 2 aromatic carbocycles. The van der Waals surface area contributed by atoms with Crippen LogP contribution in [0.4, 0.5) is 4.79 Å². The van der Waals surface area contributed by atoms with Crippen LogP contribution in [0.1, 0.15) is 24.5 Å². The molecule has 1 heterocycles. The van der Waals surface area contributed by atoms with E-state index in [9.17, 15) is 4.79 Å². The van der Waals surface area contributed by atoms with Crippen LogP contribution in [0.15, 0.2) is 59.8 Å². The minimum absolute atomic E-state index is 0.121. The topological polar surface area (TPSA) is 53.9 Å². The van der Waals surface area contributed by atoms with Gasteiger partial charge in [-0.05, 0) is 30.2 Å². The summed E-state index contributed by atoms with van der Waals surface area (Å²) in [6.45, 7) is 3.39. The third kappa shape index (κ3) is 4.76. The van der Waals surface area contributed by atoms with Crippen molar-refractivity contribution in [2.75, 3.05) is 13.1 Å². The first kappa shape index (κ1) is 18.3. The molecule has 6 heteroatoms. The van der Waals surface area contributed by atoms with Crippen molar-refractivity contribution in [3.63, 3.8) is 0 Å². The van der Waals surface area contributed by atoms with Crippen molar-refractivity contribution in [3.8, 4) is 0 Å². The van der Waals surface area contributed by atoms with Crippen molar-refractivity contribution < 1.29 is 9.63 Å². The molecule has 0 bridgehead atoms. The van der Waals surface area contributed by atoms with Gasteiger partial charge in [0.2, 0.25) is 0 Å². The zero-order chi connectivity index (χ0) is 18.4. The van der Waals surface area contributed by atoms with Gasteiger partial charge in [0.25, 0.3) is 0 Å². The van der Waals surface area contributed by atoms with Crippen LogP contribution >= 0.6 is 11.6 Å². The fraction of sp³-hybridized carbons (Fsp3) is 0.300. The molecule has 0 saturated carbocycles. The largest absolute Gasteiger partial charge is 0.390 e. The Morgan fingerprint density at radius 3 is 2.81 bits per heavy atom. The third-order valence-electron chi connectivity index (χ3n) is 4.14. The first-order valence-electron chi connectivity index (χ1n) is 8.71. The quantitative estimate of drug-likeness (QED) is 0.832. The maximum absolute atomic E-state index is 12.5. The highest BCUT2D eigenvalue weighted by Gasteiger charge is 2.26. The fourth-order valence-electron chi connectivity index (χ4n) is 2.91. The van der Waals surface area contributed by atoms with Gasteiger partial charge in [-0.15, -0.1) is 0 Å². The van der Waals surface area contributed by atoms with E-state index < -0.39 is 0 Å². The van der Waals surface area contributed by atoms with Crippen molar-refractivity contribution in [1.29, 1.82) is 0 Å². The monoisotopic (exact) mass is 371 g/mol. The molecule has 0 unspecified atom stereocenters. The number of carbonyl (C=O) groups excluding carboxylic acids is 1. The SMILES string of the molecule is CCNC(=O)N(Cc1cccc(Cl)c1)C[C@H]1CC(c2ccccc2)=NO1. The van der Waals surface area contributed by atoms with E-state index in [1.807, 2.05) is 61.5 Å². The Bertz CT molecular complexity index is 780. The number of carbonyl (C=O) groups is 1. The van der Waals surface area contributed by atoms with E-state index >= 15 is 0 Å². The zero-order valence-electron chi connectivity index (χ0n) is 14.7. The Hall–Kier alpha value is -2.53. The van der Waals surface area contributed by atoms with E-state index in [0.29, 0.717) is 31.1 Å². The number of hydrogen-bond donors (Lipinski definition) is 1. The van der Waals surface area contributed by atoms with Gasteiger partial charge in [-0.25, -0.2) is 4.79 Å². The van der Waals surface area contributed by atoms with Gasteiger partial charge < -0.3 is 15.1 Å². The minimum Gasteiger partial charge on any atom is -0.390 e. The number of benzene rings is 2. The van der Waals surface area contributed by atoms with Gasteiger partial charge >= 0.3 is 6.03 Å². The zero-order valence-corrected chi connectivity index (χ0v) is 15.4. The second kappa shape index (κ2) is 8.72. The normalized spacial score (nSPS) is 15.9. The van der Waals surface area contributed by atoms with Crippen LogP contribution in [-0.2, 0) is 11.4 Å². The van der Waals surface area contributed by atoms with Crippen molar-refractivity contribution in [2.24, 2.45) is 5.16 Å². The van der Waals surface area contributed by atoms with Gasteiger partial charge in [0.15, 0.2) is 6.10 Å². The smallest absolute Gasteiger partial charge is 0.317 e. The van der Waals surface area contributed by atoms with Crippen LogP contribution in [0.2, 0.25) is 5.02 Å². The molecule has 3 rings (SSSR count). The Morgan fingerprint density at radius 1 is 1.27 bits per heavy atom. The lowest BCUT2D eigenvalue weighted by Crippen LogP contribution is -2.43. The van der Waals surface area contributed by atoms with Gasteiger partial charge in [-0.1, -0.05) is 59.2 Å². The average molecular weight is 372 g/mol. The predicted molar refractivity (Wildman–Crippen MR) is 103 cm³/mol. The molecule has 2 amide bonds. The molecule has 0 spiro atoms. The molecule has 26 heavy (non-hydrogen) atoms. The number of hydrogen-bond acceptors (Lipinski definition) is 3. The summed E-state index contributed by atoms with van der Waals surface area (Å²) in [5.74, 6) is 0. The van der Waals surface area contributed by atoms with Gasteiger partial charge in [0.1, 0.15) is 0 Å². The first-order chi connectivity index (χ1) is 12.7. The van der Waals surface area contributed by atoms with E-state index in [1.54, 1.807) is 4.90 Å². The lowest BCUT2D eigenvalue weighted by atomic mass is 10.0. The second-order valence-corrected chi connectivity index (χ2v) is 6.62. The summed E-state index contributed by atoms with van der Waals surface area (Å²) in [7, 11) is 0. The van der Waals surface area contributed by atoms with Gasteiger partial charge in [0.05, 0.1) is 12.3 Å². The molecule has 0 radical (unpaired) electrons. The lowest BCUT2D eigenvalue weighted by molar-refractivity contribution is 0.0590. The first-order valence-corrected chi connectivity index (χ1v) is 9.09. The van der Waals surface area contributed by atoms with Crippen LogP contribution in [0.3, 0.4) is 0 Å². The Kier molecular flexibility index (Phi) is 6.12. The highest BCUT2D eigenvalue weighted by atomic mass is 35.5. The van der Waals surface area contributed by atoms with Crippen molar-refractivity contribution >= 4 is 23.3 Å². The molecular formula is C20H22ClN3O2. The highest BCUT2D eigenvalue weighted by Crippen LogP contribution is 2.19. The summed E-state index contributed by atoms with van der Waals surface area (Å²) in [5, 5.41) is 7.72. The molecule has 1 aliphatic rings. The maximum atomic E-state index is 12.5. The summed E-state index contributed by atoms with van der Waals surface area (Å²) in [4.78, 5) is 19.8. The molecule has 1 atom stereocenters. The summed E-state index contributed by atoms with van der Waals surface area (Å²) in [6, 6.07) is 17.4. The third-order valence-corrected chi connectivity index (χ3v) is 4.38. The van der Waals surface area contributed by atoms with E-state index in [1.165, 1.54) is 0 Å². The van der Waals surface area contributed by atoms with Gasteiger partial charge in [-0.3, -0.25) is 0 Å². The standard InChI is InChI=1S/C20H22ClN3O2/c1-2-22-20(25)24(13-15-7-6-10-17(21)11-15)14-18-12-19(23-26-18)16-8-4-3-5-9-16/h3-11,18H,2,12-14H2,1H3,(H,22,25)/t18-/m1/s1. The molecular weight excluding hydrogens is 350 g/mol. The van der Waals surface area contributed by atoms with E-state index in [-0.39, 0.29) is 12.1 Å². The number of nitrogens with one attached hydrogen (secondary N) is 1. The van der Waals surface area contributed by atoms with E-state index in [2.05, 4.69) is 10.5 Å². The summed E-state index contributed by atoms with van der Waals surface area (Å²) in [6.07, 6.45) is 0.516. The highest BCUT2D eigenvalue weighted by molar-refractivity contribution is 6.30. The van der Waals surface area contributed by atoms with Gasteiger partial charge in [-0.2, -0.15) is 0 Å². The van der Waals surface area contributed by atoms with Crippen LogP contribution < -0.4 is 5.32 Å². The van der Waals surface area contributed by atoms with Crippen LogP contribution in [0, 0.1) is 0 Å². The van der Waals surface area contributed by atoms with E-state index in [4.69, 9.17) is 16.4 Å². The van der Waals surface area contributed by atoms with E-state index in [0.717, 1.165) is 16.8 Å². The summed E-state index contributed by atoms with van der Waals surface area (Å²) >= 11 is 6.06. The Balaban J connectivity index is 1.66. The van der Waals surface area contributed by atoms with Crippen molar-refractivity contribution in [2.45, 2.75) is 26.0 Å². The molecule has 5 nitrogen and oxygen atoms in total. The molecule has 136 valence electrons. The number of nitrogens with zero attached hydrogens (tertiary/aromatic N) is 2. The number of rotatable bonds is 6. The molecule has 0 saturated heterocycles. The molecule has 0 aliphatic carbocycles. The number of amides is 2. The van der Waals surface area contributed by atoms with Gasteiger partial charge in [0, 0.05) is 24.5 Å².